The normalized spacial score (nSPS) is 9.42. The third kappa shape index (κ3) is 5.72. The Labute approximate surface area is 84.5 Å². The molecular formula is C8H18ClNOS. The first kappa shape index (κ1) is 14.6. The Morgan fingerprint density at radius 1 is 1.25 bits per heavy atom. The van der Waals surface area contributed by atoms with Gasteiger partial charge in [0.15, 0.2) is 5.75 Å². The molecule has 0 heterocycles. The lowest BCUT2D eigenvalue weighted by Gasteiger charge is -2.16. The zero-order valence-electron chi connectivity index (χ0n) is 8.26. The second kappa shape index (κ2) is 7.74. The zero-order valence-corrected chi connectivity index (χ0v) is 9.84. The lowest BCUT2D eigenvalue weighted by Crippen LogP contribution is -3.00. The van der Waals surface area contributed by atoms with Crippen molar-refractivity contribution < 1.29 is 17.2 Å². The van der Waals surface area contributed by atoms with Gasteiger partial charge in [-0.25, -0.2) is 0 Å². The minimum Gasteiger partial charge on any atom is -1.00 e. The number of amides is 1. The first-order valence-corrected chi connectivity index (χ1v) is 6.14. The summed E-state index contributed by atoms with van der Waals surface area (Å²) in [5, 5.41) is 0. The number of hydrogen-bond acceptors (Lipinski definition) is 1. The molecule has 0 aliphatic rings. The summed E-state index contributed by atoms with van der Waals surface area (Å²) in [6, 6.07) is 0. The molecule has 0 radical (unpaired) electrons. The van der Waals surface area contributed by atoms with Gasteiger partial charge in [-0.2, -0.15) is 0 Å². The molecule has 0 rings (SSSR count). The van der Waals surface area contributed by atoms with Gasteiger partial charge >= 0.3 is 0 Å². The lowest BCUT2D eigenvalue weighted by atomic mass is 10.5. The summed E-state index contributed by atoms with van der Waals surface area (Å²) < 4.78 is 0. The Morgan fingerprint density at radius 2 is 1.67 bits per heavy atom. The van der Waals surface area contributed by atoms with Gasteiger partial charge in [-0.15, -0.1) is 0 Å². The maximum absolute atomic E-state index is 11.3. The summed E-state index contributed by atoms with van der Waals surface area (Å²) in [4.78, 5) is 13.2. The molecule has 1 amide bonds. The molecule has 4 heteroatoms. The van der Waals surface area contributed by atoms with Gasteiger partial charge in [-0.05, 0) is 24.7 Å². The van der Waals surface area contributed by atoms with Gasteiger partial charge < -0.3 is 17.3 Å². The second-order valence-electron chi connectivity index (χ2n) is 2.70. The number of hydrogen-bond donors (Lipinski definition) is 0. The smallest absolute Gasteiger partial charge is 0.272 e. The molecular weight excluding hydrogens is 194 g/mol. The van der Waals surface area contributed by atoms with Crippen molar-refractivity contribution in [2.24, 2.45) is 0 Å². The lowest BCUT2D eigenvalue weighted by molar-refractivity contribution is -0.127. The van der Waals surface area contributed by atoms with Crippen LogP contribution in [0.4, 0.5) is 0 Å². The predicted molar refractivity (Wildman–Crippen MR) is 52.0 cm³/mol. The van der Waals surface area contributed by atoms with E-state index in [1.807, 2.05) is 18.7 Å². The molecule has 0 saturated carbocycles. The van der Waals surface area contributed by atoms with E-state index in [2.05, 4.69) is 12.5 Å². The van der Waals surface area contributed by atoms with E-state index in [1.165, 1.54) is 0 Å². The molecule has 12 heavy (non-hydrogen) atoms. The highest BCUT2D eigenvalue weighted by Gasteiger charge is 2.15. The molecule has 0 spiro atoms. The van der Waals surface area contributed by atoms with E-state index in [1.54, 1.807) is 0 Å². The first-order chi connectivity index (χ1) is 5.11. The Morgan fingerprint density at radius 3 is 1.92 bits per heavy atom. The molecule has 0 unspecified atom stereocenters. The van der Waals surface area contributed by atoms with Crippen LogP contribution in [0, 0.1) is 0 Å². The molecule has 0 aromatic carbocycles. The average molecular weight is 212 g/mol. The van der Waals surface area contributed by atoms with E-state index in [-0.39, 0.29) is 23.3 Å². The molecule has 0 aromatic heterocycles. The van der Waals surface area contributed by atoms with Crippen LogP contribution in [0.25, 0.3) is 0 Å². The van der Waals surface area contributed by atoms with Gasteiger partial charge in [-0.3, -0.25) is 4.79 Å². The molecule has 0 fully saturated rings. The predicted octanol–water partition coefficient (Wildman–Crippen LogP) is -2.26. The van der Waals surface area contributed by atoms with Gasteiger partial charge in [0.1, 0.15) is 0 Å². The second-order valence-corrected chi connectivity index (χ2v) is 4.96. The number of halogens is 1. The third-order valence-electron chi connectivity index (χ3n) is 1.53. The molecule has 0 saturated heterocycles. The van der Waals surface area contributed by atoms with Crippen molar-refractivity contribution in [3.8, 4) is 0 Å². The van der Waals surface area contributed by atoms with Gasteiger partial charge in [0, 0.05) is 13.1 Å². The number of carbonyl (C=O) groups is 1. The Kier molecular flexibility index (Phi) is 9.44. The van der Waals surface area contributed by atoms with E-state index >= 15 is 0 Å². The molecule has 0 aromatic rings. The van der Waals surface area contributed by atoms with Crippen molar-refractivity contribution in [2.45, 2.75) is 13.8 Å². The zero-order chi connectivity index (χ0) is 8.85. The molecule has 0 aliphatic heterocycles. The topological polar surface area (TPSA) is 20.3 Å². The Hall–Kier alpha value is 0.110. The van der Waals surface area contributed by atoms with Gasteiger partial charge in [-0.1, -0.05) is 0 Å². The van der Waals surface area contributed by atoms with Crippen LogP contribution in [-0.4, -0.2) is 42.2 Å². The Balaban J connectivity index is 0. The largest absolute Gasteiger partial charge is 1.00 e. The van der Waals surface area contributed by atoms with E-state index in [0.29, 0.717) is 11.7 Å². The number of nitrogens with zero attached hydrogens (tertiary/aromatic N) is 1. The van der Waals surface area contributed by atoms with Crippen molar-refractivity contribution in [1.29, 1.82) is 0 Å². The van der Waals surface area contributed by atoms with Gasteiger partial charge in [0.2, 0.25) is 0 Å². The van der Waals surface area contributed by atoms with E-state index in [4.69, 9.17) is 0 Å². The van der Waals surface area contributed by atoms with Crippen molar-refractivity contribution >= 4 is 16.8 Å². The summed E-state index contributed by atoms with van der Waals surface area (Å²) in [5.74, 6) is 1.00. The van der Waals surface area contributed by atoms with Crippen molar-refractivity contribution in [3.63, 3.8) is 0 Å². The monoisotopic (exact) mass is 211 g/mol. The van der Waals surface area contributed by atoms with Crippen LogP contribution in [0.2, 0.25) is 0 Å². The van der Waals surface area contributed by atoms with Crippen molar-refractivity contribution in [1.82, 2.24) is 4.90 Å². The van der Waals surface area contributed by atoms with Crippen molar-refractivity contribution in [2.75, 3.05) is 31.4 Å². The van der Waals surface area contributed by atoms with Gasteiger partial charge in [0.05, 0.1) is 12.5 Å². The quantitative estimate of drug-likeness (QED) is 0.481. The van der Waals surface area contributed by atoms with E-state index in [0.717, 1.165) is 13.1 Å². The maximum atomic E-state index is 11.3. The summed E-state index contributed by atoms with van der Waals surface area (Å²) in [5.41, 5.74) is 0. The summed E-state index contributed by atoms with van der Waals surface area (Å²) in [6.07, 6.45) is 4.20. The highest BCUT2D eigenvalue weighted by molar-refractivity contribution is 7.96. The fourth-order valence-electron chi connectivity index (χ4n) is 0.915. The molecule has 0 atom stereocenters. The fraction of sp³-hybridized carbons (Fsp3) is 0.875. The summed E-state index contributed by atoms with van der Waals surface area (Å²) in [7, 11) is 0.239. The van der Waals surface area contributed by atoms with Crippen LogP contribution in [0.3, 0.4) is 0 Å². The van der Waals surface area contributed by atoms with E-state index in [9.17, 15) is 4.79 Å². The number of rotatable bonds is 4. The summed E-state index contributed by atoms with van der Waals surface area (Å²) in [6.45, 7) is 5.72. The fourth-order valence-corrected chi connectivity index (χ4v) is 1.59. The van der Waals surface area contributed by atoms with E-state index < -0.39 is 0 Å². The van der Waals surface area contributed by atoms with Crippen LogP contribution < -0.4 is 12.4 Å². The molecule has 0 N–H and O–H groups in total. The molecule has 2 nitrogen and oxygen atoms in total. The first-order valence-electron chi connectivity index (χ1n) is 3.93. The van der Waals surface area contributed by atoms with Crippen LogP contribution in [0.1, 0.15) is 13.8 Å². The standard InChI is InChI=1S/C8H18NOS.ClH/c1-5-9(6-2)8(10)7-11(3)4;/h5-7H2,1-4H3;1H/q+1;/p-1. The minimum absolute atomic E-state index is 0. The van der Waals surface area contributed by atoms with Crippen LogP contribution in [0.15, 0.2) is 0 Å². The summed E-state index contributed by atoms with van der Waals surface area (Å²) >= 11 is 0. The van der Waals surface area contributed by atoms with Gasteiger partial charge in [0.25, 0.3) is 5.91 Å². The van der Waals surface area contributed by atoms with Crippen LogP contribution in [0.5, 0.6) is 0 Å². The molecule has 0 bridgehead atoms. The molecule has 74 valence electrons. The third-order valence-corrected chi connectivity index (χ3v) is 2.35. The SMILES string of the molecule is CCN(CC)C(=O)C[S+](C)C.[Cl-]. The van der Waals surface area contributed by atoms with Crippen LogP contribution >= 0.6 is 0 Å². The van der Waals surface area contributed by atoms with Crippen LogP contribution in [-0.2, 0) is 15.7 Å². The highest BCUT2D eigenvalue weighted by Crippen LogP contribution is 1.93. The highest BCUT2D eigenvalue weighted by atomic mass is 35.5. The molecule has 0 aliphatic carbocycles. The number of carbonyl (C=O) groups excluding carboxylic acids is 1. The maximum Gasteiger partial charge on any atom is 0.272 e. The minimum atomic E-state index is 0. The van der Waals surface area contributed by atoms with Crippen molar-refractivity contribution in [3.05, 3.63) is 0 Å². The average Bonchev–Trinajstić information content (AvgIpc) is 1.88. The Bertz CT molecular complexity index is 126.